The van der Waals surface area contributed by atoms with Crippen molar-refractivity contribution in [2.75, 3.05) is 0 Å². The predicted molar refractivity (Wildman–Crippen MR) is 48.6 cm³/mol. The first-order valence-electron chi connectivity index (χ1n) is 5.18. The van der Waals surface area contributed by atoms with E-state index >= 15 is 0 Å². The number of halogens is 7. The van der Waals surface area contributed by atoms with E-state index in [0.29, 0.717) is 0 Å². The second kappa shape index (κ2) is 5.41. The van der Waals surface area contributed by atoms with Gasteiger partial charge in [-0.25, -0.2) is 4.39 Å². The van der Waals surface area contributed by atoms with Gasteiger partial charge in [-0.3, -0.25) is 0 Å². The van der Waals surface area contributed by atoms with Crippen molar-refractivity contribution in [1.29, 1.82) is 0 Å². The van der Waals surface area contributed by atoms with Gasteiger partial charge in [0.05, 0.1) is 0 Å². The lowest BCUT2D eigenvalue weighted by atomic mass is 9.96. The van der Waals surface area contributed by atoms with E-state index in [9.17, 15) is 30.7 Å². The van der Waals surface area contributed by atoms with Crippen molar-refractivity contribution in [2.24, 2.45) is 0 Å². The molecule has 0 radical (unpaired) electrons. The molecule has 0 spiro atoms. The third-order valence-electron chi connectivity index (χ3n) is 2.44. The average Bonchev–Trinajstić information content (AvgIpc) is 2.23. The molecule has 0 amide bonds. The minimum Gasteiger partial charge on any atom is -0.339 e. The van der Waals surface area contributed by atoms with E-state index in [1.807, 2.05) is 0 Å². The first kappa shape index (κ1) is 18.4. The molecule has 0 aromatic carbocycles. The molecule has 3 nitrogen and oxygen atoms in total. The summed E-state index contributed by atoms with van der Waals surface area (Å²) in [5, 5.41) is 24.1. The standard InChI is InChI=1S/C9H13F7O3/c1-2-3-4-5(10)6(11,12)7(13,14)8(15,16)9(17,18)19/h5,17-19H,2-4H2,1H3. The van der Waals surface area contributed by atoms with Gasteiger partial charge in [0, 0.05) is 0 Å². The summed E-state index contributed by atoms with van der Waals surface area (Å²) in [5.74, 6) is -24.2. The maximum absolute atomic E-state index is 13.0. The van der Waals surface area contributed by atoms with Crippen molar-refractivity contribution < 1.29 is 46.1 Å². The predicted octanol–water partition coefficient (Wildman–Crippen LogP) is 2.05. The molecular formula is C9H13F7O3. The molecule has 0 aliphatic carbocycles. The highest BCUT2D eigenvalue weighted by Gasteiger charge is 2.80. The minimum absolute atomic E-state index is 0.155. The van der Waals surface area contributed by atoms with Crippen molar-refractivity contribution in [2.45, 2.75) is 56.1 Å². The maximum atomic E-state index is 13.0. The molecule has 0 aromatic heterocycles. The molecule has 0 aliphatic rings. The first-order valence-corrected chi connectivity index (χ1v) is 5.18. The van der Waals surface area contributed by atoms with E-state index in [-0.39, 0.29) is 12.8 Å². The molecule has 19 heavy (non-hydrogen) atoms. The van der Waals surface area contributed by atoms with Gasteiger partial charge < -0.3 is 15.3 Å². The third-order valence-corrected chi connectivity index (χ3v) is 2.44. The Morgan fingerprint density at radius 1 is 0.895 bits per heavy atom. The zero-order valence-electron chi connectivity index (χ0n) is 9.69. The molecule has 0 rings (SSSR count). The van der Waals surface area contributed by atoms with E-state index in [2.05, 4.69) is 0 Å². The van der Waals surface area contributed by atoms with E-state index in [1.165, 1.54) is 6.92 Å². The van der Waals surface area contributed by atoms with Crippen molar-refractivity contribution in [3.8, 4) is 0 Å². The fourth-order valence-electron chi connectivity index (χ4n) is 1.18. The summed E-state index contributed by atoms with van der Waals surface area (Å²) < 4.78 is 90.3. The molecule has 0 aliphatic heterocycles. The SMILES string of the molecule is CCCCC(F)C(F)(F)C(F)(F)C(F)(F)C(O)(O)O. The number of unbranched alkanes of at least 4 members (excludes halogenated alkanes) is 1. The van der Waals surface area contributed by atoms with Gasteiger partial charge in [0.15, 0.2) is 6.17 Å². The van der Waals surface area contributed by atoms with Gasteiger partial charge in [-0.2, -0.15) is 26.3 Å². The lowest BCUT2D eigenvalue weighted by molar-refractivity contribution is -0.468. The van der Waals surface area contributed by atoms with E-state index in [0.717, 1.165) is 0 Å². The Bertz CT molecular complexity index is 301. The van der Waals surface area contributed by atoms with Crippen LogP contribution in [-0.2, 0) is 0 Å². The largest absolute Gasteiger partial charge is 0.395 e. The molecule has 3 N–H and O–H groups in total. The van der Waals surface area contributed by atoms with E-state index in [4.69, 9.17) is 15.3 Å². The summed E-state index contributed by atoms with van der Waals surface area (Å²) in [4.78, 5) is 0. The van der Waals surface area contributed by atoms with Crippen LogP contribution in [-0.4, -0.2) is 45.2 Å². The van der Waals surface area contributed by atoms with Gasteiger partial charge in [0.2, 0.25) is 0 Å². The zero-order valence-corrected chi connectivity index (χ0v) is 9.69. The summed E-state index contributed by atoms with van der Waals surface area (Å²) in [7, 11) is 0. The number of hydrogen-bond acceptors (Lipinski definition) is 3. The Morgan fingerprint density at radius 2 is 1.32 bits per heavy atom. The Hall–Kier alpha value is -0.610. The van der Waals surface area contributed by atoms with Crippen LogP contribution in [0.2, 0.25) is 0 Å². The fourth-order valence-corrected chi connectivity index (χ4v) is 1.18. The number of aliphatic hydroxyl groups is 3. The Morgan fingerprint density at radius 3 is 1.63 bits per heavy atom. The van der Waals surface area contributed by atoms with Crippen molar-refractivity contribution >= 4 is 0 Å². The summed E-state index contributed by atoms with van der Waals surface area (Å²) in [5.41, 5.74) is 0. The van der Waals surface area contributed by atoms with Crippen LogP contribution in [0.4, 0.5) is 30.7 Å². The van der Waals surface area contributed by atoms with Crippen LogP contribution in [0.3, 0.4) is 0 Å². The van der Waals surface area contributed by atoms with Gasteiger partial charge in [-0.1, -0.05) is 19.8 Å². The van der Waals surface area contributed by atoms with Crippen LogP contribution in [0.15, 0.2) is 0 Å². The molecule has 0 saturated carbocycles. The molecule has 0 saturated heterocycles. The van der Waals surface area contributed by atoms with Crippen molar-refractivity contribution in [3.63, 3.8) is 0 Å². The maximum Gasteiger partial charge on any atom is 0.395 e. The minimum atomic E-state index is -6.49. The first-order chi connectivity index (χ1) is 8.23. The molecule has 1 atom stereocenters. The second-order valence-electron chi connectivity index (χ2n) is 4.02. The average molecular weight is 302 g/mol. The second-order valence-corrected chi connectivity index (χ2v) is 4.02. The van der Waals surface area contributed by atoms with Crippen LogP contribution in [0, 0.1) is 0 Å². The third kappa shape index (κ3) is 3.11. The zero-order chi connectivity index (χ0) is 15.7. The smallest absolute Gasteiger partial charge is 0.339 e. The Labute approximate surface area is 103 Å². The molecule has 0 heterocycles. The van der Waals surface area contributed by atoms with E-state index in [1.54, 1.807) is 0 Å². The van der Waals surface area contributed by atoms with Gasteiger partial charge in [-0.15, -0.1) is 0 Å². The van der Waals surface area contributed by atoms with Crippen molar-refractivity contribution in [1.82, 2.24) is 0 Å². The molecule has 10 heteroatoms. The molecular weight excluding hydrogens is 289 g/mol. The van der Waals surface area contributed by atoms with Crippen LogP contribution in [0.5, 0.6) is 0 Å². The normalized spacial score (nSPS) is 16.6. The highest BCUT2D eigenvalue weighted by atomic mass is 19.3. The molecule has 0 fully saturated rings. The van der Waals surface area contributed by atoms with Gasteiger partial charge in [-0.05, 0) is 6.42 Å². The highest BCUT2D eigenvalue weighted by Crippen LogP contribution is 2.51. The van der Waals surface area contributed by atoms with Crippen molar-refractivity contribution in [3.05, 3.63) is 0 Å². The fraction of sp³-hybridized carbons (Fsp3) is 1.00. The summed E-state index contributed by atoms with van der Waals surface area (Å²) >= 11 is 0. The lowest BCUT2D eigenvalue weighted by Gasteiger charge is -2.37. The molecule has 0 bridgehead atoms. The number of rotatable bonds is 7. The van der Waals surface area contributed by atoms with Crippen LogP contribution < -0.4 is 0 Å². The van der Waals surface area contributed by atoms with Crippen LogP contribution >= 0.6 is 0 Å². The quantitative estimate of drug-likeness (QED) is 0.498. The van der Waals surface area contributed by atoms with Gasteiger partial charge >= 0.3 is 23.7 Å². The summed E-state index contributed by atoms with van der Waals surface area (Å²) in [6.07, 6.45) is -4.86. The van der Waals surface area contributed by atoms with Crippen LogP contribution in [0.1, 0.15) is 26.2 Å². The number of alkyl halides is 7. The molecule has 1 unspecified atom stereocenters. The Kier molecular flexibility index (Phi) is 5.23. The lowest BCUT2D eigenvalue weighted by Crippen LogP contribution is -2.67. The van der Waals surface area contributed by atoms with Crippen LogP contribution in [0.25, 0.3) is 0 Å². The monoisotopic (exact) mass is 302 g/mol. The van der Waals surface area contributed by atoms with Gasteiger partial charge in [0.25, 0.3) is 0 Å². The molecule has 116 valence electrons. The van der Waals surface area contributed by atoms with E-state index < -0.39 is 36.3 Å². The number of hydrogen-bond donors (Lipinski definition) is 3. The summed E-state index contributed by atoms with van der Waals surface area (Å²) in [6, 6.07) is 0. The molecule has 0 aromatic rings. The topological polar surface area (TPSA) is 60.7 Å². The van der Waals surface area contributed by atoms with Gasteiger partial charge in [0.1, 0.15) is 0 Å². The summed E-state index contributed by atoms with van der Waals surface area (Å²) in [6.45, 7) is 1.43. The Balaban J connectivity index is 5.38. The highest BCUT2D eigenvalue weighted by molar-refractivity contribution is 5.02.